The summed E-state index contributed by atoms with van der Waals surface area (Å²) in [5, 5.41) is 8.43. The molecule has 7 nitrogen and oxygen atoms in total. The van der Waals surface area contributed by atoms with E-state index >= 15 is 0 Å². The summed E-state index contributed by atoms with van der Waals surface area (Å²) >= 11 is 6.05. The largest absolute Gasteiger partial charge is 0.480 e. The maximum absolute atomic E-state index is 13.3. The Morgan fingerprint density at radius 3 is 2.03 bits per heavy atom. The van der Waals surface area contributed by atoms with Gasteiger partial charge in [-0.2, -0.15) is 4.31 Å². The molecule has 0 amide bonds. The Bertz CT molecular complexity index is 1390. The molecule has 0 aliphatic carbocycles. The minimum Gasteiger partial charge on any atom is -0.480 e. The Labute approximate surface area is 197 Å². The van der Waals surface area contributed by atoms with E-state index in [4.69, 9.17) is 11.6 Å². The van der Waals surface area contributed by atoms with Gasteiger partial charge in [-0.3, -0.25) is 4.79 Å². The standard InChI is InChI=1S/C23H20ClNO6S2/c24-20-8-4-5-9-22(20)32(28,29)19-14-21(23(26)27)25(15-19)33(30,31)18-12-10-17(11-13-18)16-6-2-1-3-7-16/h1-13,19,21H,14-15H2,(H,26,27). The number of rotatable bonds is 6. The molecular formula is C23H20ClNO6S2. The average molecular weight is 506 g/mol. The highest BCUT2D eigenvalue weighted by atomic mass is 35.5. The summed E-state index contributed by atoms with van der Waals surface area (Å²) in [5.74, 6) is -1.41. The molecule has 1 heterocycles. The zero-order chi connectivity index (χ0) is 23.8. The van der Waals surface area contributed by atoms with E-state index in [0.29, 0.717) is 0 Å². The molecule has 0 saturated carbocycles. The number of hydrogen-bond donors (Lipinski definition) is 1. The molecule has 0 bridgehead atoms. The molecule has 4 rings (SSSR count). The van der Waals surface area contributed by atoms with Gasteiger partial charge in [0.15, 0.2) is 9.84 Å². The fourth-order valence-electron chi connectivity index (χ4n) is 3.92. The van der Waals surface area contributed by atoms with Gasteiger partial charge in [-0.05, 0) is 41.8 Å². The number of hydrogen-bond acceptors (Lipinski definition) is 5. The van der Waals surface area contributed by atoms with Crippen molar-refractivity contribution < 1.29 is 26.7 Å². The van der Waals surface area contributed by atoms with E-state index in [1.807, 2.05) is 30.3 Å². The molecule has 1 fully saturated rings. The van der Waals surface area contributed by atoms with Crippen LogP contribution in [0.2, 0.25) is 5.02 Å². The fourth-order valence-corrected chi connectivity index (χ4v) is 7.87. The third kappa shape index (κ3) is 4.41. The van der Waals surface area contributed by atoms with Gasteiger partial charge in [-0.15, -0.1) is 0 Å². The van der Waals surface area contributed by atoms with Crippen molar-refractivity contribution in [3.8, 4) is 11.1 Å². The zero-order valence-corrected chi connectivity index (χ0v) is 19.6. The number of sulfonamides is 1. The van der Waals surface area contributed by atoms with Crippen molar-refractivity contribution in [2.24, 2.45) is 0 Å². The van der Waals surface area contributed by atoms with Gasteiger partial charge in [-0.1, -0.05) is 66.2 Å². The van der Waals surface area contributed by atoms with Crippen molar-refractivity contribution in [2.75, 3.05) is 6.54 Å². The SMILES string of the molecule is O=C(O)C1CC(S(=O)(=O)c2ccccc2Cl)CN1S(=O)(=O)c1ccc(-c2ccccc2)cc1. The van der Waals surface area contributed by atoms with Crippen LogP contribution in [0, 0.1) is 0 Å². The lowest BCUT2D eigenvalue weighted by atomic mass is 10.1. The van der Waals surface area contributed by atoms with E-state index < -0.39 is 43.7 Å². The molecule has 1 saturated heterocycles. The first-order valence-electron chi connectivity index (χ1n) is 10.0. The quantitative estimate of drug-likeness (QED) is 0.547. The minimum atomic E-state index is -4.26. The average Bonchev–Trinajstić information content (AvgIpc) is 3.28. The van der Waals surface area contributed by atoms with Gasteiger partial charge in [0.1, 0.15) is 6.04 Å². The first kappa shape index (κ1) is 23.4. The van der Waals surface area contributed by atoms with E-state index in [2.05, 4.69) is 0 Å². The van der Waals surface area contributed by atoms with Crippen LogP contribution in [0.3, 0.4) is 0 Å². The molecule has 33 heavy (non-hydrogen) atoms. The van der Waals surface area contributed by atoms with Crippen molar-refractivity contribution in [3.05, 3.63) is 83.9 Å². The number of sulfone groups is 1. The van der Waals surface area contributed by atoms with Gasteiger partial charge in [-0.25, -0.2) is 16.8 Å². The molecule has 0 spiro atoms. The summed E-state index contributed by atoms with van der Waals surface area (Å²) in [6, 6.07) is 19.7. The van der Waals surface area contributed by atoms with Crippen molar-refractivity contribution in [2.45, 2.75) is 27.5 Å². The summed E-state index contributed by atoms with van der Waals surface area (Å²) in [6.45, 7) is -0.479. The Morgan fingerprint density at radius 2 is 1.42 bits per heavy atom. The number of halogens is 1. The second-order valence-electron chi connectivity index (χ2n) is 7.65. The molecular weight excluding hydrogens is 486 g/mol. The zero-order valence-electron chi connectivity index (χ0n) is 17.2. The van der Waals surface area contributed by atoms with Crippen molar-refractivity contribution in [1.82, 2.24) is 4.31 Å². The molecule has 2 atom stereocenters. The Kier molecular flexibility index (Phi) is 6.32. The molecule has 0 aromatic heterocycles. The van der Waals surface area contributed by atoms with Crippen molar-refractivity contribution in [3.63, 3.8) is 0 Å². The second kappa shape index (κ2) is 8.90. The number of carboxylic acid groups (broad SMARTS) is 1. The lowest BCUT2D eigenvalue weighted by Crippen LogP contribution is -2.40. The van der Waals surface area contributed by atoms with E-state index in [-0.39, 0.29) is 21.2 Å². The molecule has 1 aliphatic heterocycles. The fraction of sp³-hybridized carbons (Fsp3) is 0.174. The highest BCUT2D eigenvalue weighted by molar-refractivity contribution is 7.92. The van der Waals surface area contributed by atoms with Gasteiger partial charge in [0.2, 0.25) is 10.0 Å². The number of aliphatic carboxylic acids is 1. The molecule has 172 valence electrons. The summed E-state index contributed by atoms with van der Waals surface area (Å²) < 4.78 is 53.7. The van der Waals surface area contributed by atoms with Crippen LogP contribution in [0.25, 0.3) is 11.1 Å². The molecule has 3 aromatic rings. The van der Waals surface area contributed by atoms with Crippen LogP contribution in [0.1, 0.15) is 6.42 Å². The van der Waals surface area contributed by atoms with Gasteiger partial charge in [0, 0.05) is 6.54 Å². The Balaban J connectivity index is 1.67. The van der Waals surface area contributed by atoms with Crippen LogP contribution in [0.15, 0.2) is 88.7 Å². The molecule has 2 unspecified atom stereocenters. The van der Waals surface area contributed by atoms with Crippen LogP contribution in [-0.4, -0.2) is 50.1 Å². The molecule has 3 aromatic carbocycles. The smallest absolute Gasteiger partial charge is 0.322 e. The van der Waals surface area contributed by atoms with Crippen molar-refractivity contribution >= 4 is 37.4 Å². The minimum absolute atomic E-state index is 0.00202. The monoisotopic (exact) mass is 505 g/mol. The molecule has 1 aliphatic rings. The van der Waals surface area contributed by atoms with Crippen molar-refractivity contribution in [1.29, 1.82) is 0 Å². The lowest BCUT2D eigenvalue weighted by molar-refractivity contribution is -0.140. The van der Waals surface area contributed by atoms with Gasteiger partial charge in [0.25, 0.3) is 0 Å². The Hall–Kier alpha value is -2.72. The molecule has 0 radical (unpaired) electrons. The highest BCUT2D eigenvalue weighted by Gasteiger charge is 2.49. The predicted octanol–water partition coefficient (Wildman–Crippen LogP) is 3.70. The van der Waals surface area contributed by atoms with Crippen LogP contribution in [-0.2, 0) is 24.7 Å². The van der Waals surface area contributed by atoms with Crippen LogP contribution in [0.5, 0.6) is 0 Å². The molecule has 10 heteroatoms. The third-order valence-corrected chi connectivity index (χ3v) is 10.2. The third-order valence-electron chi connectivity index (χ3n) is 5.65. The van der Waals surface area contributed by atoms with Gasteiger partial charge < -0.3 is 5.11 Å². The first-order chi connectivity index (χ1) is 15.6. The second-order valence-corrected chi connectivity index (χ2v) is 12.1. The highest BCUT2D eigenvalue weighted by Crippen LogP contribution is 2.35. The topological polar surface area (TPSA) is 109 Å². The number of carbonyl (C=O) groups is 1. The van der Waals surface area contributed by atoms with Gasteiger partial charge in [0.05, 0.1) is 20.1 Å². The summed E-state index contributed by atoms with van der Waals surface area (Å²) in [4.78, 5) is 11.6. The summed E-state index contributed by atoms with van der Waals surface area (Å²) in [7, 11) is -8.32. The van der Waals surface area contributed by atoms with Crippen LogP contribution >= 0.6 is 11.6 Å². The number of nitrogens with zero attached hydrogens (tertiary/aromatic N) is 1. The van der Waals surface area contributed by atoms with Crippen LogP contribution in [0.4, 0.5) is 0 Å². The number of benzene rings is 3. The van der Waals surface area contributed by atoms with E-state index in [1.165, 1.54) is 30.3 Å². The van der Waals surface area contributed by atoms with E-state index in [0.717, 1.165) is 15.4 Å². The van der Waals surface area contributed by atoms with Gasteiger partial charge >= 0.3 is 5.97 Å². The normalized spacial score (nSPS) is 19.4. The Morgan fingerprint density at radius 1 is 0.848 bits per heavy atom. The maximum atomic E-state index is 13.3. The predicted molar refractivity (Wildman–Crippen MR) is 124 cm³/mol. The lowest BCUT2D eigenvalue weighted by Gasteiger charge is -2.21. The maximum Gasteiger partial charge on any atom is 0.322 e. The first-order valence-corrected chi connectivity index (χ1v) is 13.4. The van der Waals surface area contributed by atoms with Crippen LogP contribution < -0.4 is 0 Å². The molecule has 1 N–H and O–H groups in total. The van der Waals surface area contributed by atoms with E-state index in [1.54, 1.807) is 18.2 Å². The van der Waals surface area contributed by atoms with E-state index in [9.17, 15) is 26.7 Å². The number of carboxylic acids is 1. The summed E-state index contributed by atoms with van der Waals surface area (Å²) in [5.41, 5.74) is 1.70. The summed E-state index contributed by atoms with van der Waals surface area (Å²) in [6.07, 6.45) is -0.371.